The Morgan fingerprint density at radius 3 is 2.47 bits per heavy atom. The van der Waals surface area contributed by atoms with Crippen molar-refractivity contribution in [3.8, 4) is 0 Å². The predicted molar refractivity (Wildman–Crippen MR) is 65.9 cm³/mol. The van der Waals surface area contributed by atoms with E-state index in [1.165, 1.54) is 11.4 Å². The second-order valence-electron chi connectivity index (χ2n) is 3.74. The summed E-state index contributed by atoms with van der Waals surface area (Å²) in [7, 11) is -3.88. The lowest BCUT2D eigenvalue weighted by atomic mass is 10.1. The van der Waals surface area contributed by atoms with Gasteiger partial charge in [0.2, 0.25) is 0 Å². The summed E-state index contributed by atoms with van der Waals surface area (Å²) in [5, 5.41) is 10.5. The van der Waals surface area contributed by atoms with Gasteiger partial charge < -0.3 is 5.11 Å². The van der Waals surface area contributed by atoms with Crippen molar-refractivity contribution in [2.75, 3.05) is 0 Å². The standard InChI is InChI=1S/C9H12ClNO4S2/c1-5(2)7(8(12)13)11-17(14,15)9-6(10)3-4-16-9/h3-5,7,11H,1-2H3,(H,12,13)/t7-/m1/s1. The molecule has 0 amide bonds. The molecule has 0 unspecified atom stereocenters. The van der Waals surface area contributed by atoms with E-state index in [0.29, 0.717) is 0 Å². The fourth-order valence-electron chi connectivity index (χ4n) is 1.16. The molecule has 1 heterocycles. The average molecular weight is 298 g/mol. The quantitative estimate of drug-likeness (QED) is 0.868. The fraction of sp³-hybridized carbons (Fsp3) is 0.444. The van der Waals surface area contributed by atoms with Crippen LogP contribution in [0.2, 0.25) is 5.02 Å². The highest BCUT2D eigenvalue weighted by Gasteiger charge is 2.29. The van der Waals surface area contributed by atoms with E-state index >= 15 is 0 Å². The minimum absolute atomic E-state index is 0.0638. The highest BCUT2D eigenvalue weighted by molar-refractivity contribution is 7.91. The third-order valence-electron chi connectivity index (χ3n) is 2.04. The van der Waals surface area contributed by atoms with Crippen LogP contribution in [0.25, 0.3) is 0 Å². The molecule has 0 radical (unpaired) electrons. The molecule has 0 aliphatic heterocycles. The van der Waals surface area contributed by atoms with E-state index in [1.54, 1.807) is 13.8 Å². The Morgan fingerprint density at radius 1 is 1.53 bits per heavy atom. The van der Waals surface area contributed by atoms with Crippen molar-refractivity contribution in [2.45, 2.75) is 24.1 Å². The van der Waals surface area contributed by atoms with Crippen LogP contribution in [-0.2, 0) is 14.8 Å². The Labute approximate surface area is 108 Å². The first-order valence-corrected chi connectivity index (χ1v) is 7.48. The van der Waals surface area contributed by atoms with Crippen LogP contribution in [0, 0.1) is 5.92 Å². The molecular weight excluding hydrogens is 286 g/mol. The third kappa shape index (κ3) is 3.41. The van der Waals surface area contributed by atoms with Crippen molar-refractivity contribution in [2.24, 2.45) is 5.92 Å². The van der Waals surface area contributed by atoms with Gasteiger partial charge in [-0.2, -0.15) is 4.72 Å². The van der Waals surface area contributed by atoms with Crippen LogP contribution in [0.15, 0.2) is 15.7 Å². The Kier molecular flexibility index (Phi) is 4.54. The zero-order valence-corrected chi connectivity index (χ0v) is 11.6. The summed E-state index contributed by atoms with van der Waals surface area (Å²) in [4.78, 5) is 10.9. The molecule has 2 N–H and O–H groups in total. The van der Waals surface area contributed by atoms with Crippen molar-refractivity contribution in [1.29, 1.82) is 0 Å². The molecule has 1 rings (SSSR count). The van der Waals surface area contributed by atoms with Crippen LogP contribution in [0.4, 0.5) is 0 Å². The summed E-state index contributed by atoms with van der Waals surface area (Å²) in [6, 6.07) is 0.282. The topological polar surface area (TPSA) is 83.5 Å². The summed E-state index contributed by atoms with van der Waals surface area (Å²) in [6.45, 7) is 3.24. The molecule has 0 bridgehead atoms. The summed E-state index contributed by atoms with van der Waals surface area (Å²) in [5.41, 5.74) is 0. The molecular formula is C9H12ClNO4S2. The number of hydrogen-bond acceptors (Lipinski definition) is 4. The number of halogens is 1. The lowest BCUT2D eigenvalue weighted by Gasteiger charge is -2.17. The number of thiophene rings is 1. The number of carboxylic acid groups (broad SMARTS) is 1. The van der Waals surface area contributed by atoms with Crippen LogP contribution >= 0.6 is 22.9 Å². The van der Waals surface area contributed by atoms with E-state index in [9.17, 15) is 13.2 Å². The third-order valence-corrected chi connectivity index (χ3v) is 5.51. The highest BCUT2D eigenvalue weighted by atomic mass is 35.5. The maximum absolute atomic E-state index is 11.9. The minimum atomic E-state index is -3.88. The Morgan fingerprint density at radius 2 is 2.12 bits per heavy atom. The smallest absolute Gasteiger partial charge is 0.322 e. The molecule has 0 aliphatic carbocycles. The largest absolute Gasteiger partial charge is 0.480 e. The number of nitrogens with one attached hydrogen (secondary N) is 1. The summed E-state index contributed by atoms with van der Waals surface area (Å²) < 4.78 is 25.8. The Bertz CT molecular complexity index is 509. The van der Waals surface area contributed by atoms with Crippen molar-refractivity contribution in [3.05, 3.63) is 16.5 Å². The van der Waals surface area contributed by atoms with E-state index in [1.807, 2.05) is 0 Å². The van der Waals surface area contributed by atoms with Gasteiger partial charge in [-0.3, -0.25) is 4.79 Å². The molecule has 5 nitrogen and oxygen atoms in total. The van der Waals surface area contributed by atoms with Gasteiger partial charge >= 0.3 is 5.97 Å². The van der Waals surface area contributed by atoms with Crippen molar-refractivity contribution >= 4 is 38.9 Å². The first-order valence-electron chi connectivity index (χ1n) is 4.74. The van der Waals surface area contributed by atoms with Gasteiger partial charge in [0.25, 0.3) is 10.0 Å². The van der Waals surface area contributed by atoms with Crippen LogP contribution < -0.4 is 4.72 Å². The van der Waals surface area contributed by atoms with Crippen molar-refractivity contribution in [3.63, 3.8) is 0 Å². The first-order chi connectivity index (χ1) is 7.75. The van der Waals surface area contributed by atoms with Gasteiger partial charge in [-0.05, 0) is 17.4 Å². The monoisotopic (exact) mass is 297 g/mol. The number of hydrogen-bond donors (Lipinski definition) is 2. The van der Waals surface area contributed by atoms with Gasteiger partial charge in [0, 0.05) is 0 Å². The number of rotatable bonds is 5. The number of carbonyl (C=O) groups is 1. The van der Waals surface area contributed by atoms with Crippen LogP contribution in [-0.4, -0.2) is 25.5 Å². The van der Waals surface area contributed by atoms with Crippen LogP contribution in [0.3, 0.4) is 0 Å². The fourth-order valence-corrected chi connectivity index (χ4v) is 4.21. The molecule has 8 heteroatoms. The maximum atomic E-state index is 11.9. The normalized spacial score (nSPS) is 13.9. The summed E-state index contributed by atoms with van der Waals surface area (Å²) in [6.07, 6.45) is 0. The molecule has 1 atom stereocenters. The summed E-state index contributed by atoms with van der Waals surface area (Å²) >= 11 is 6.66. The lowest BCUT2D eigenvalue weighted by Crippen LogP contribution is -2.44. The minimum Gasteiger partial charge on any atom is -0.480 e. The zero-order valence-electron chi connectivity index (χ0n) is 9.18. The molecule has 1 aromatic rings. The van der Waals surface area contributed by atoms with Gasteiger partial charge in [0.1, 0.15) is 6.04 Å². The SMILES string of the molecule is CC(C)[C@@H](NS(=O)(=O)c1sccc1Cl)C(=O)O. The molecule has 1 aromatic heterocycles. The Hall–Kier alpha value is -0.630. The average Bonchev–Trinajstić information content (AvgIpc) is 2.60. The van der Waals surface area contributed by atoms with E-state index < -0.39 is 22.0 Å². The maximum Gasteiger partial charge on any atom is 0.322 e. The highest BCUT2D eigenvalue weighted by Crippen LogP contribution is 2.27. The van der Waals surface area contributed by atoms with Gasteiger partial charge in [-0.1, -0.05) is 25.4 Å². The van der Waals surface area contributed by atoms with Crippen LogP contribution in [0.1, 0.15) is 13.8 Å². The van der Waals surface area contributed by atoms with E-state index in [2.05, 4.69) is 4.72 Å². The first kappa shape index (κ1) is 14.4. The van der Waals surface area contributed by atoms with Gasteiger partial charge in [0.15, 0.2) is 4.21 Å². The Balaban J connectivity index is 3.01. The van der Waals surface area contributed by atoms with Crippen molar-refractivity contribution in [1.82, 2.24) is 4.72 Å². The number of aliphatic carboxylic acids is 1. The van der Waals surface area contributed by atoms with Gasteiger partial charge in [-0.15, -0.1) is 11.3 Å². The van der Waals surface area contributed by atoms with Crippen LogP contribution in [0.5, 0.6) is 0 Å². The van der Waals surface area contributed by atoms with Gasteiger partial charge in [-0.25, -0.2) is 8.42 Å². The second-order valence-corrected chi connectivity index (χ2v) is 6.97. The van der Waals surface area contributed by atoms with E-state index in [0.717, 1.165) is 11.3 Å². The molecule has 0 spiro atoms. The molecule has 0 saturated carbocycles. The lowest BCUT2D eigenvalue weighted by molar-refractivity contribution is -0.140. The second kappa shape index (κ2) is 5.34. The van der Waals surface area contributed by atoms with E-state index in [4.69, 9.17) is 16.7 Å². The molecule has 0 fully saturated rings. The van der Waals surface area contributed by atoms with Crippen molar-refractivity contribution < 1.29 is 18.3 Å². The number of sulfonamides is 1. The molecule has 96 valence electrons. The molecule has 17 heavy (non-hydrogen) atoms. The molecule has 0 aliphatic rings. The van der Waals surface area contributed by atoms with E-state index in [-0.39, 0.29) is 15.1 Å². The summed E-state index contributed by atoms with van der Waals surface area (Å²) in [5.74, 6) is -1.57. The molecule has 0 aromatic carbocycles. The zero-order chi connectivity index (χ0) is 13.2. The van der Waals surface area contributed by atoms with Gasteiger partial charge in [0.05, 0.1) is 5.02 Å². The number of carboxylic acids is 1. The predicted octanol–water partition coefficient (Wildman–Crippen LogP) is 1.79. The molecule has 0 saturated heterocycles.